The molecule has 2 aliphatic rings. The summed E-state index contributed by atoms with van der Waals surface area (Å²) in [6.45, 7) is 3.30. The zero-order chi connectivity index (χ0) is 12.8. The molecular formula is C15H29NOS. The summed E-state index contributed by atoms with van der Waals surface area (Å²) in [6, 6.07) is 0.529. The fraction of sp³-hybridized carbons (Fsp3) is 1.00. The van der Waals surface area contributed by atoms with E-state index >= 15 is 0 Å². The second-order valence-electron chi connectivity index (χ2n) is 5.97. The van der Waals surface area contributed by atoms with Crippen LogP contribution in [-0.4, -0.2) is 27.3 Å². The van der Waals surface area contributed by atoms with Crippen LogP contribution in [0.1, 0.15) is 71.1 Å². The van der Waals surface area contributed by atoms with Crippen molar-refractivity contribution in [3.63, 3.8) is 0 Å². The van der Waals surface area contributed by atoms with Crippen LogP contribution in [0.25, 0.3) is 0 Å². The van der Waals surface area contributed by atoms with E-state index in [1.165, 1.54) is 64.2 Å². The lowest BCUT2D eigenvalue weighted by Gasteiger charge is -2.35. The third-order valence-electron chi connectivity index (χ3n) is 4.54. The molecule has 3 atom stereocenters. The van der Waals surface area contributed by atoms with Crippen molar-refractivity contribution in [1.82, 2.24) is 5.32 Å². The molecule has 2 fully saturated rings. The molecule has 0 radical (unpaired) electrons. The summed E-state index contributed by atoms with van der Waals surface area (Å²) in [5.41, 5.74) is 0. The van der Waals surface area contributed by atoms with Crippen LogP contribution in [0.4, 0.5) is 0 Å². The maximum Gasteiger partial charge on any atom is 0.0504 e. The van der Waals surface area contributed by atoms with E-state index in [1.54, 1.807) is 0 Å². The van der Waals surface area contributed by atoms with Gasteiger partial charge in [0.15, 0.2) is 0 Å². The van der Waals surface area contributed by atoms with Gasteiger partial charge in [0, 0.05) is 22.1 Å². The van der Waals surface area contributed by atoms with Gasteiger partial charge in [-0.05, 0) is 38.6 Å². The Kier molecular flexibility index (Phi) is 6.16. The average Bonchev–Trinajstić information content (AvgIpc) is 2.45. The van der Waals surface area contributed by atoms with Crippen LogP contribution in [0.2, 0.25) is 0 Å². The van der Waals surface area contributed by atoms with E-state index in [0.29, 0.717) is 16.5 Å². The van der Waals surface area contributed by atoms with E-state index in [2.05, 4.69) is 12.2 Å². The summed E-state index contributed by atoms with van der Waals surface area (Å²) < 4.78 is 12.8. The van der Waals surface area contributed by atoms with Gasteiger partial charge in [-0.2, -0.15) is 0 Å². The molecule has 0 amide bonds. The monoisotopic (exact) mass is 271 g/mol. The lowest BCUT2D eigenvalue weighted by Crippen LogP contribution is -2.47. The third-order valence-corrected chi connectivity index (χ3v) is 6.83. The minimum atomic E-state index is -0.589. The number of rotatable bonds is 5. The quantitative estimate of drug-likeness (QED) is 0.830. The molecule has 0 aromatic heterocycles. The van der Waals surface area contributed by atoms with Crippen molar-refractivity contribution >= 4 is 10.8 Å². The molecule has 0 heterocycles. The topological polar surface area (TPSA) is 29.1 Å². The summed E-state index contributed by atoms with van der Waals surface area (Å²) in [5.74, 6) is 0. The molecule has 106 valence electrons. The van der Waals surface area contributed by atoms with Crippen LogP contribution in [0, 0.1) is 0 Å². The number of nitrogens with one attached hydrogen (secondary N) is 1. The molecule has 2 rings (SSSR count). The lowest BCUT2D eigenvalue weighted by molar-refractivity contribution is 0.375. The normalized spacial score (nSPS) is 32.3. The Bertz CT molecular complexity index is 263. The van der Waals surface area contributed by atoms with Gasteiger partial charge in [0.1, 0.15) is 0 Å². The molecule has 18 heavy (non-hydrogen) atoms. The van der Waals surface area contributed by atoms with Gasteiger partial charge in [-0.3, -0.25) is 4.21 Å². The summed E-state index contributed by atoms with van der Waals surface area (Å²) in [4.78, 5) is 0. The summed E-state index contributed by atoms with van der Waals surface area (Å²) >= 11 is 0. The van der Waals surface area contributed by atoms with Crippen molar-refractivity contribution in [2.24, 2.45) is 0 Å². The van der Waals surface area contributed by atoms with Crippen molar-refractivity contribution in [3.8, 4) is 0 Å². The highest BCUT2D eigenvalue weighted by molar-refractivity contribution is 7.86. The van der Waals surface area contributed by atoms with Crippen LogP contribution in [0.15, 0.2) is 0 Å². The van der Waals surface area contributed by atoms with Crippen molar-refractivity contribution < 1.29 is 4.21 Å². The molecule has 0 spiro atoms. The standard InChI is InChI=1S/C15H29NOS/c1-2-12-16-14-10-6-7-11-15(14)18(17)13-8-4-3-5-9-13/h13-16H,2-12H2,1H3. The van der Waals surface area contributed by atoms with Gasteiger partial charge in [-0.1, -0.05) is 39.0 Å². The van der Waals surface area contributed by atoms with Crippen molar-refractivity contribution in [1.29, 1.82) is 0 Å². The van der Waals surface area contributed by atoms with Gasteiger partial charge in [-0.15, -0.1) is 0 Å². The first kappa shape index (κ1) is 14.5. The molecule has 0 aromatic rings. The summed E-state index contributed by atoms with van der Waals surface area (Å²) in [7, 11) is -0.589. The zero-order valence-electron chi connectivity index (χ0n) is 11.8. The first-order chi connectivity index (χ1) is 8.83. The van der Waals surface area contributed by atoms with Crippen LogP contribution >= 0.6 is 0 Å². The predicted octanol–water partition coefficient (Wildman–Crippen LogP) is 3.38. The molecule has 0 bridgehead atoms. The summed E-state index contributed by atoms with van der Waals surface area (Å²) in [6.07, 6.45) is 12.6. The Labute approximate surface area is 115 Å². The molecule has 0 saturated heterocycles. The SMILES string of the molecule is CCCNC1CCCCC1S(=O)C1CCCCC1. The molecule has 2 nitrogen and oxygen atoms in total. The fourth-order valence-electron chi connectivity index (χ4n) is 3.48. The highest BCUT2D eigenvalue weighted by atomic mass is 32.2. The second-order valence-corrected chi connectivity index (χ2v) is 7.90. The second kappa shape index (κ2) is 7.64. The molecule has 3 unspecified atom stereocenters. The molecule has 1 N–H and O–H groups in total. The van der Waals surface area contributed by atoms with Crippen LogP contribution < -0.4 is 5.32 Å². The molecule has 0 aromatic carbocycles. The number of hydrogen-bond acceptors (Lipinski definition) is 2. The maximum atomic E-state index is 12.8. The lowest BCUT2D eigenvalue weighted by atomic mass is 9.95. The van der Waals surface area contributed by atoms with E-state index in [1.807, 2.05) is 0 Å². The molecular weight excluding hydrogens is 242 g/mol. The minimum Gasteiger partial charge on any atom is -0.313 e. The fourth-order valence-corrected chi connectivity index (χ4v) is 5.73. The van der Waals surface area contributed by atoms with E-state index in [-0.39, 0.29) is 0 Å². The van der Waals surface area contributed by atoms with E-state index in [4.69, 9.17) is 0 Å². The Morgan fingerprint density at radius 2 is 1.67 bits per heavy atom. The van der Waals surface area contributed by atoms with Gasteiger partial charge < -0.3 is 5.32 Å². The third kappa shape index (κ3) is 3.80. The Hall–Kier alpha value is 0.110. The Balaban J connectivity index is 1.91. The van der Waals surface area contributed by atoms with Crippen LogP contribution in [0.5, 0.6) is 0 Å². The zero-order valence-corrected chi connectivity index (χ0v) is 12.6. The molecule has 3 heteroatoms. The van der Waals surface area contributed by atoms with E-state index < -0.39 is 10.8 Å². The van der Waals surface area contributed by atoms with Gasteiger partial charge in [-0.25, -0.2) is 0 Å². The highest BCUT2D eigenvalue weighted by Crippen LogP contribution is 2.30. The Morgan fingerprint density at radius 1 is 1.00 bits per heavy atom. The average molecular weight is 271 g/mol. The smallest absolute Gasteiger partial charge is 0.0504 e. The van der Waals surface area contributed by atoms with Gasteiger partial charge in [0.2, 0.25) is 0 Å². The summed E-state index contributed by atoms with van der Waals surface area (Å²) in [5, 5.41) is 4.59. The first-order valence-electron chi connectivity index (χ1n) is 7.95. The van der Waals surface area contributed by atoms with Gasteiger partial charge >= 0.3 is 0 Å². The van der Waals surface area contributed by atoms with Crippen molar-refractivity contribution in [2.75, 3.05) is 6.54 Å². The van der Waals surface area contributed by atoms with Crippen LogP contribution in [-0.2, 0) is 10.8 Å². The van der Waals surface area contributed by atoms with Crippen molar-refractivity contribution in [3.05, 3.63) is 0 Å². The maximum absolute atomic E-state index is 12.8. The first-order valence-corrected chi connectivity index (χ1v) is 9.23. The Morgan fingerprint density at radius 3 is 2.39 bits per heavy atom. The van der Waals surface area contributed by atoms with E-state index in [0.717, 1.165) is 6.54 Å². The van der Waals surface area contributed by atoms with Gasteiger partial charge in [0.05, 0.1) is 5.25 Å². The molecule has 2 aliphatic carbocycles. The largest absolute Gasteiger partial charge is 0.313 e. The van der Waals surface area contributed by atoms with E-state index in [9.17, 15) is 4.21 Å². The molecule has 2 saturated carbocycles. The predicted molar refractivity (Wildman–Crippen MR) is 79.4 cm³/mol. The minimum absolute atomic E-state index is 0.438. The number of hydrogen-bond donors (Lipinski definition) is 1. The molecule has 0 aliphatic heterocycles. The highest BCUT2D eigenvalue weighted by Gasteiger charge is 2.33. The van der Waals surface area contributed by atoms with Crippen LogP contribution in [0.3, 0.4) is 0 Å². The van der Waals surface area contributed by atoms with Gasteiger partial charge in [0.25, 0.3) is 0 Å². The van der Waals surface area contributed by atoms with Crippen molar-refractivity contribution in [2.45, 2.75) is 87.7 Å².